The number of hydrogen-bond acceptors (Lipinski definition) is 3. The highest BCUT2D eigenvalue weighted by molar-refractivity contribution is 5.78. The molecule has 0 bridgehead atoms. The maximum absolute atomic E-state index is 11.9. The van der Waals surface area contributed by atoms with Gasteiger partial charge in [-0.3, -0.25) is 4.79 Å². The fourth-order valence-corrected chi connectivity index (χ4v) is 1.70. The van der Waals surface area contributed by atoms with Gasteiger partial charge in [0.25, 0.3) is 0 Å². The van der Waals surface area contributed by atoms with Crippen LogP contribution in [0.15, 0.2) is 24.3 Å². The molecule has 4 heteroatoms. The predicted octanol–water partition coefficient (Wildman–Crippen LogP) is 2.79. The smallest absolute Gasteiger partial charge is 0.224 e. The van der Waals surface area contributed by atoms with E-state index in [0.29, 0.717) is 18.9 Å². The molecule has 0 saturated carbocycles. The minimum atomic E-state index is -0.885. The molecule has 0 aliphatic carbocycles. The topological polar surface area (TPSA) is 58.6 Å². The van der Waals surface area contributed by atoms with E-state index in [2.05, 4.69) is 19.2 Å². The molecule has 1 aromatic carbocycles. The quantitative estimate of drug-likeness (QED) is 0.776. The van der Waals surface area contributed by atoms with Crippen molar-refractivity contribution in [2.75, 3.05) is 13.2 Å². The van der Waals surface area contributed by atoms with Gasteiger partial charge in [-0.15, -0.1) is 0 Å². The highest BCUT2D eigenvalue weighted by atomic mass is 16.5. The highest BCUT2D eigenvalue weighted by Gasteiger charge is 2.25. The van der Waals surface area contributed by atoms with Crippen LogP contribution in [0.5, 0.6) is 5.75 Å². The molecule has 0 spiro atoms. The molecule has 1 atom stereocenters. The standard InChI is InChI=1S/C18H29NO3/c1-13(2)11-22-16-8-6-15(7-9-16)10-17(20)19-12-18(5,21)14(3)4/h6-9,13-14,21H,10-12H2,1-5H3,(H,19,20). The lowest BCUT2D eigenvalue weighted by molar-refractivity contribution is -0.122. The van der Waals surface area contributed by atoms with Crippen LogP contribution in [-0.4, -0.2) is 29.8 Å². The van der Waals surface area contributed by atoms with Gasteiger partial charge in [0.2, 0.25) is 5.91 Å². The second kappa shape index (κ2) is 8.18. The zero-order valence-corrected chi connectivity index (χ0v) is 14.3. The Balaban J connectivity index is 2.45. The van der Waals surface area contributed by atoms with Gasteiger partial charge < -0.3 is 15.2 Å². The Hall–Kier alpha value is -1.55. The average molecular weight is 307 g/mol. The Morgan fingerprint density at radius 1 is 1.23 bits per heavy atom. The molecule has 0 aromatic heterocycles. The monoisotopic (exact) mass is 307 g/mol. The summed E-state index contributed by atoms with van der Waals surface area (Å²) in [4.78, 5) is 11.9. The number of aliphatic hydroxyl groups is 1. The molecule has 2 N–H and O–H groups in total. The van der Waals surface area contributed by atoms with Crippen molar-refractivity contribution in [3.8, 4) is 5.75 Å². The molecule has 0 fully saturated rings. The maximum Gasteiger partial charge on any atom is 0.224 e. The van der Waals surface area contributed by atoms with Gasteiger partial charge in [-0.2, -0.15) is 0 Å². The van der Waals surface area contributed by atoms with E-state index in [-0.39, 0.29) is 18.4 Å². The Morgan fingerprint density at radius 2 is 1.82 bits per heavy atom. The van der Waals surface area contributed by atoms with E-state index in [9.17, 15) is 9.90 Å². The van der Waals surface area contributed by atoms with Gasteiger partial charge in [0.1, 0.15) is 5.75 Å². The number of amides is 1. The summed E-state index contributed by atoms with van der Waals surface area (Å²) >= 11 is 0. The molecule has 0 radical (unpaired) electrons. The molecule has 1 aromatic rings. The summed E-state index contributed by atoms with van der Waals surface area (Å²) in [5.41, 5.74) is 0.0445. The van der Waals surface area contributed by atoms with Crippen LogP contribution in [0.4, 0.5) is 0 Å². The molecule has 0 saturated heterocycles. The predicted molar refractivity (Wildman–Crippen MR) is 89.0 cm³/mol. The van der Waals surface area contributed by atoms with Crippen LogP contribution in [0.3, 0.4) is 0 Å². The van der Waals surface area contributed by atoms with E-state index in [4.69, 9.17) is 4.74 Å². The minimum Gasteiger partial charge on any atom is -0.493 e. The molecular formula is C18H29NO3. The molecule has 0 aliphatic rings. The molecular weight excluding hydrogens is 278 g/mol. The summed E-state index contributed by atoms with van der Waals surface area (Å²) in [5.74, 6) is 1.31. The molecule has 22 heavy (non-hydrogen) atoms. The Labute approximate surface area is 133 Å². The molecule has 0 aliphatic heterocycles. The van der Waals surface area contributed by atoms with Gasteiger partial charge in [-0.05, 0) is 36.5 Å². The first-order chi connectivity index (χ1) is 10.2. The van der Waals surface area contributed by atoms with E-state index in [1.807, 2.05) is 38.1 Å². The number of nitrogens with one attached hydrogen (secondary N) is 1. The summed E-state index contributed by atoms with van der Waals surface area (Å²) < 4.78 is 5.61. The van der Waals surface area contributed by atoms with Gasteiger partial charge in [0.15, 0.2) is 0 Å². The van der Waals surface area contributed by atoms with Crippen molar-refractivity contribution in [1.82, 2.24) is 5.32 Å². The molecule has 124 valence electrons. The largest absolute Gasteiger partial charge is 0.493 e. The molecule has 0 heterocycles. The Morgan fingerprint density at radius 3 is 2.32 bits per heavy atom. The maximum atomic E-state index is 11.9. The zero-order valence-electron chi connectivity index (χ0n) is 14.3. The summed E-state index contributed by atoms with van der Waals surface area (Å²) in [6, 6.07) is 7.57. The second-order valence-corrected chi connectivity index (χ2v) is 6.81. The number of carbonyl (C=O) groups is 1. The number of hydrogen-bond donors (Lipinski definition) is 2. The van der Waals surface area contributed by atoms with Crippen LogP contribution in [0.25, 0.3) is 0 Å². The number of benzene rings is 1. The van der Waals surface area contributed by atoms with Crippen LogP contribution in [0, 0.1) is 11.8 Å². The Bertz CT molecular complexity index is 464. The first-order valence-electron chi connectivity index (χ1n) is 7.91. The zero-order chi connectivity index (χ0) is 16.8. The fraction of sp³-hybridized carbons (Fsp3) is 0.611. The van der Waals surface area contributed by atoms with E-state index >= 15 is 0 Å². The first kappa shape index (κ1) is 18.5. The van der Waals surface area contributed by atoms with Crippen molar-refractivity contribution in [3.63, 3.8) is 0 Å². The van der Waals surface area contributed by atoms with Crippen molar-refractivity contribution in [1.29, 1.82) is 0 Å². The molecule has 1 rings (SSSR count). The van der Waals surface area contributed by atoms with Crippen LogP contribution in [-0.2, 0) is 11.2 Å². The van der Waals surface area contributed by atoms with Crippen LogP contribution in [0.1, 0.15) is 40.2 Å². The van der Waals surface area contributed by atoms with E-state index in [1.54, 1.807) is 6.92 Å². The van der Waals surface area contributed by atoms with E-state index in [1.165, 1.54) is 0 Å². The Kier molecular flexibility index (Phi) is 6.88. The van der Waals surface area contributed by atoms with E-state index in [0.717, 1.165) is 11.3 Å². The van der Waals surface area contributed by atoms with Gasteiger partial charge in [-0.1, -0.05) is 39.8 Å². The van der Waals surface area contributed by atoms with Crippen LogP contribution < -0.4 is 10.1 Å². The lowest BCUT2D eigenvalue weighted by atomic mass is 9.92. The lowest BCUT2D eigenvalue weighted by Gasteiger charge is -2.27. The first-order valence-corrected chi connectivity index (χ1v) is 7.91. The highest BCUT2D eigenvalue weighted by Crippen LogP contribution is 2.15. The number of ether oxygens (including phenoxy) is 1. The SMILES string of the molecule is CC(C)COc1ccc(CC(=O)NCC(C)(O)C(C)C)cc1. The summed E-state index contributed by atoms with van der Waals surface area (Å²) in [5, 5.41) is 12.9. The van der Waals surface area contributed by atoms with Crippen LogP contribution in [0.2, 0.25) is 0 Å². The minimum absolute atomic E-state index is 0.0863. The summed E-state index contributed by atoms with van der Waals surface area (Å²) in [6.45, 7) is 10.8. The van der Waals surface area contributed by atoms with E-state index < -0.39 is 5.60 Å². The summed E-state index contributed by atoms with van der Waals surface area (Å²) in [6.07, 6.45) is 0.304. The second-order valence-electron chi connectivity index (χ2n) is 6.81. The van der Waals surface area contributed by atoms with Gasteiger partial charge in [0.05, 0.1) is 18.6 Å². The van der Waals surface area contributed by atoms with Crippen molar-refractivity contribution >= 4 is 5.91 Å². The third-order valence-corrected chi connectivity index (χ3v) is 3.76. The van der Waals surface area contributed by atoms with Gasteiger partial charge in [-0.25, -0.2) is 0 Å². The average Bonchev–Trinajstić information content (AvgIpc) is 2.44. The third kappa shape index (κ3) is 6.48. The van der Waals surface area contributed by atoms with Crippen molar-refractivity contribution in [2.24, 2.45) is 11.8 Å². The van der Waals surface area contributed by atoms with Gasteiger partial charge in [0, 0.05) is 6.54 Å². The van der Waals surface area contributed by atoms with Crippen molar-refractivity contribution in [3.05, 3.63) is 29.8 Å². The van der Waals surface area contributed by atoms with Crippen molar-refractivity contribution in [2.45, 2.75) is 46.6 Å². The van der Waals surface area contributed by atoms with Crippen LogP contribution >= 0.6 is 0 Å². The fourth-order valence-electron chi connectivity index (χ4n) is 1.70. The normalized spacial score (nSPS) is 14.0. The molecule has 1 amide bonds. The summed E-state index contributed by atoms with van der Waals surface area (Å²) in [7, 11) is 0. The van der Waals surface area contributed by atoms with Gasteiger partial charge >= 0.3 is 0 Å². The number of rotatable bonds is 8. The molecule has 1 unspecified atom stereocenters. The number of carbonyl (C=O) groups excluding carboxylic acids is 1. The lowest BCUT2D eigenvalue weighted by Crippen LogP contribution is -2.44. The molecule has 4 nitrogen and oxygen atoms in total. The third-order valence-electron chi connectivity index (χ3n) is 3.76. The van der Waals surface area contributed by atoms with Crippen molar-refractivity contribution < 1.29 is 14.6 Å².